The van der Waals surface area contributed by atoms with Crippen molar-refractivity contribution >= 4 is 6.03 Å². The van der Waals surface area contributed by atoms with Gasteiger partial charge in [-0.15, -0.1) is 0 Å². The van der Waals surface area contributed by atoms with Gasteiger partial charge in [-0.25, -0.2) is 4.79 Å². The molecule has 0 aromatic rings. The molecule has 4 heteroatoms. The monoisotopic (exact) mass is 174 g/mol. The highest BCUT2D eigenvalue weighted by Crippen LogP contribution is 2.07. The van der Waals surface area contributed by atoms with Crippen molar-refractivity contribution in [1.82, 2.24) is 4.90 Å². The van der Waals surface area contributed by atoms with Gasteiger partial charge >= 0.3 is 6.03 Å². The van der Waals surface area contributed by atoms with Crippen LogP contribution < -0.4 is 5.73 Å². The SMILES string of the molecule is CCC(CC)N(CCO)C(N)=O. The fourth-order valence-electron chi connectivity index (χ4n) is 1.31. The highest BCUT2D eigenvalue weighted by atomic mass is 16.3. The normalized spacial score (nSPS) is 10.3. The number of rotatable bonds is 5. The Balaban J connectivity index is 4.15. The van der Waals surface area contributed by atoms with Gasteiger partial charge in [0.15, 0.2) is 0 Å². The van der Waals surface area contributed by atoms with E-state index in [1.165, 1.54) is 4.90 Å². The predicted octanol–water partition coefficient (Wildman–Crippen LogP) is 0.548. The van der Waals surface area contributed by atoms with Crippen molar-refractivity contribution in [2.24, 2.45) is 5.73 Å². The molecule has 0 atom stereocenters. The number of aliphatic hydroxyl groups excluding tert-OH is 1. The summed E-state index contributed by atoms with van der Waals surface area (Å²) in [5.74, 6) is 0. The lowest BCUT2D eigenvalue weighted by atomic mass is 10.1. The molecule has 4 nitrogen and oxygen atoms in total. The molecule has 0 unspecified atom stereocenters. The molecule has 0 aliphatic carbocycles. The molecule has 3 N–H and O–H groups in total. The van der Waals surface area contributed by atoms with Crippen LogP contribution >= 0.6 is 0 Å². The Kier molecular flexibility index (Phi) is 5.45. The first-order chi connectivity index (χ1) is 5.67. The summed E-state index contributed by atoms with van der Waals surface area (Å²) in [7, 11) is 0. The molecule has 12 heavy (non-hydrogen) atoms. The van der Waals surface area contributed by atoms with Crippen LogP contribution in [-0.4, -0.2) is 35.2 Å². The number of urea groups is 1. The van der Waals surface area contributed by atoms with Crippen LogP contribution in [0.1, 0.15) is 26.7 Å². The molecule has 0 aromatic carbocycles. The molecule has 2 amide bonds. The van der Waals surface area contributed by atoms with E-state index in [0.717, 1.165) is 12.8 Å². The number of aliphatic hydroxyl groups is 1. The molecular weight excluding hydrogens is 156 g/mol. The van der Waals surface area contributed by atoms with Crippen LogP contribution in [0.5, 0.6) is 0 Å². The van der Waals surface area contributed by atoms with E-state index in [9.17, 15) is 4.79 Å². The van der Waals surface area contributed by atoms with Crippen LogP contribution in [0.4, 0.5) is 4.79 Å². The van der Waals surface area contributed by atoms with Crippen LogP contribution in [0.3, 0.4) is 0 Å². The van der Waals surface area contributed by atoms with Crippen molar-refractivity contribution in [3.05, 3.63) is 0 Å². The molecule has 0 heterocycles. The molecule has 0 fully saturated rings. The zero-order valence-corrected chi connectivity index (χ0v) is 7.79. The fraction of sp³-hybridized carbons (Fsp3) is 0.875. The first-order valence-electron chi connectivity index (χ1n) is 4.34. The van der Waals surface area contributed by atoms with Crippen molar-refractivity contribution in [2.45, 2.75) is 32.7 Å². The minimum atomic E-state index is -0.447. The third-order valence-electron chi connectivity index (χ3n) is 2.01. The van der Waals surface area contributed by atoms with Gasteiger partial charge in [-0.1, -0.05) is 13.8 Å². The Labute approximate surface area is 73.3 Å². The van der Waals surface area contributed by atoms with Gasteiger partial charge in [-0.05, 0) is 12.8 Å². The second kappa shape index (κ2) is 5.83. The third kappa shape index (κ3) is 3.09. The van der Waals surface area contributed by atoms with Crippen molar-refractivity contribution in [3.8, 4) is 0 Å². The van der Waals surface area contributed by atoms with Gasteiger partial charge in [0.25, 0.3) is 0 Å². The van der Waals surface area contributed by atoms with Crippen molar-refractivity contribution < 1.29 is 9.90 Å². The van der Waals surface area contributed by atoms with Gasteiger partial charge < -0.3 is 15.7 Å². The number of carbonyl (C=O) groups excluding carboxylic acids is 1. The Morgan fingerprint density at radius 3 is 2.25 bits per heavy atom. The zero-order chi connectivity index (χ0) is 9.56. The molecule has 0 saturated carbocycles. The van der Waals surface area contributed by atoms with Gasteiger partial charge in [0.05, 0.1) is 6.61 Å². The molecule has 72 valence electrons. The highest BCUT2D eigenvalue weighted by Gasteiger charge is 2.17. The average molecular weight is 174 g/mol. The first-order valence-corrected chi connectivity index (χ1v) is 4.34. The molecule has 0 aromatic heterocycles. The molecule has 0 aliphatic heterocycles. The third-order valence-corrected chi connectivity index (χ3v) is 2.01. The molecule has 0 saturated heterocycles. The first kappa shape index (κ1) is 11.2. The lowest BCUT2D eigenvalue weighted by Crippen LogP contribution is -2.44. The second-order valence-corrected chi connectivity index (χ2v) is 2.73. The van der Waals surface area contributed by atoms with Gasteiger partial charge in [0, 0.05) is 12.6 Å². The minimum absolute atomic E-state index is 0.0283. The zero-order valence-electron chi connectivity index (χ0n) is 7.79. The summed E-state index contributed by atoms with van der Waals surface area (Å²) >= 11 is 0. The lowest BCUT2D eigenvalue weighted by molar-refractivity contribution is 0.155. The van der Waals surface area contributed by atoms with Crippen LogP contribution in [0.2, 0.25) is 0 Å². The number of hydrogen-bond acceptors (Lipinski definition) is 2. The summed E-state index contributed by atoms with van der Waals surface area (Å²) in [4.78, 5) is 12.4. The van der Waals surface area contributed by atoms with E-state index in [-0.39, 0.29) is 12.6 Å². The van der Waals surface area contributed by atoms with E-state index in [1.54, 1.807) is 0 Å². The smallest absolute Gasteiger partial charge is 0.315 e. The molecule has 0 bridgehead atoms. The van der Waals surface area contributed by atoms with Crippen LogP contribution in [0.25, 0.3) is 0 Å². The van der Waals surface area contributed by atoms with Crippen LogP contribution in [0.15, 0.2) is 0 Å². The molecular formula is C8H18N2O2. The van der Waals surface area contributed by atoms with Crippen LogP contribution in [-0.2, 0) is 0 Å². The summed E-state index contributed by atoms with van der Waals surface area (Å²) in [6, 6.07) is -0.285. The molecule has 0 radical (unpaired) electrons. The fourth-order valence-corrected chi connectivity index (χ4v) is 1.31. The topological polar surface area (TPSA) is 66.6 Å². The van der Waals surface area contributed by atoms with Crippen LogP contribution in [0, 0.1) is 0 Å². The van der Waals surface area contributed by atoms with E-state index in [2.05, 4.69) is 0 Å². The number of nitrogens with zero attached hydrogens (tertiary/aromatic N) is 1. The standard InChI is InChI=1S/C8H18N2O2/c1-3-7(4-2)10(5-6-11)8(9)12/h7,11H,3-6H2,1-2H3,(H2,9,12). The van der Waals surface area contributed by atoms with E-state index in [0.29, 0.717) is 6.54 Å². The van der Waals surface area contributed by atoms with Gasteiger partial charge in [0.1, 0.15) is 0 Å². The van der Waals surface area contributed by atoms with E-state index in [1.807, 2.05) is 13.8 Å². The van der Waals surface area contributed by atoms with Crippen molar-refractivity contribution in [3.63, 3.8) is 0 Å². The summed E-state index contributed by atoms with van der Waals surface area (Å²) in [6.45, 7) is 4.31. The number of carbonyl (C=O) groups is 1. The quantitative estimate of drug-likeness (QED) is 0.639. The van der Waals surface area contributed by atoms with E-state index < -0.39 is 6.03 Å². The summed E-state index contributed by atoms with van der Waals surface area (Å²) < 4.78 is 0. The number of amides is 2. The lowest BCUT2D eigenvalue weighted by Gasteiger charge is -2.27. The predicted molar refractivity (Wildman–Crippen MR) is 47.7 cm³/mol. The summed E-state index contributed by atoms with van der Waals surface area (Å²) in [6.07, 6.45) is 1.75. The second-order valence-electron chi connectivity index (χ2n) is 2.73. The molecule has 0 aliphatic rings. The minimum Gasteiger partial charge on any atom is -0.395 e. The number of hydrogen-bond donors (Lipinski definition) is 2. The van der Waals surface area contributed by atoms with Crippen molar-refractivity contribution in [1.29, 1.82) is 0 Å². The Morgan fingerprint density at radius 2 is 2.00 bits per heavy atom. The maximum absolute atomic E-state index is 10.9. The average Bonchev–Trinajstić information content (AvgIpc) is 2.05. The number of primary amides is 1. The van der Waals surface area contributed by atoms with Gasteiger partial charge in [-0.3, -0.25) is 0 Å². The van der Waals surface area contributed by atoms with E-state index in [4.69, 9.17) is 10.8 Å². The highest BCUT2D eigenvalue weighted by molar-refractivity contribution is 5.72. The van der Waals surface area contributed by atoms with Crippen molar-refractivity contribution in [2.75, 3.05) is 13.2 Å². The summed E-state index contributed by atoms with van der Waals surface area (Å²) in [5.41, 5.74) is 5.15. The van der Waals surface area contributed by atoms with Gasteiger partial charge in [-0.2, -0.15) is 0 Å². The van der Waals surface area contributed by atoms with E-state index >= 15 is 0 Å². The maximum Gasteiger partial charge on any atom is 0.315 e. The molecule has 0 rings (SSSR count). The molecule has 0 spiro atoms. The summed E-state index contributed by atoms with van der Waals surface area (Å²) in [5, 5.41) is 8.68. The Hall–Kier alpha value is -0.770. The number of nitrogens with two attached hydrogens (primary N) is 1. The largest absolute Gasteiger partial charge is 0.395 e. The van der Waals surface area contributed by atoms with Gasteiger partial charge in [0.2, 0.25) is 0 Å². The maximum atomic E-state index is 10.9. The Bertz CT molecular complexity index is 135. The Morgan fingerprint density at radius 1 is 1.50 bits per heavy atom.